The van der Waals surface area contributed by atoms with E-state index >= 15 is 0 Å². The summed E-state index contributed by atoms with van der Waals surface area (Å²) in [5.41, 5.74) is -0.807. The number of hydrogen-bond donors (Lipinski definition) is 3. The van der Waals surface area contributed by atoms with Crippen LogP contribution in [0.4, 0.5) is 43.8 Å². The highest BCUT2D eigenvalue weighted by molar-refractivity contribution is 6.39. The summed E-state index contributed by atoms with van der Waals surface area (Å²) in [6.07, 6.45) is -4.56. The highest BCUT2D eigenvalue weighted by atomic mass is 35.5. The SMILES string of the molecule is O=C(Nc1cc(C(F)(F)F)c(C2CC2)cn1)c1cc2[nH]c(Nc3c(Cl)cncc3Cl)nc2cc1OCC(F)(F)F. The lowest BCUT2D eigenvalue weighted by atomic mass is 10.1. The number of pyridine rings is 2. The third kappa shape index (κ3) is 6.17. The Morgan fingerprint density at radius 1 is 1.05 bits per heavy atom. The standard InChI is InChI=1S/C24H16Cl2F6N6O2/c25-14-7-33-8-15(26)20(14)38-22-35-16-3-11(18(5-17(16)36-22)40-9-23(27,28)29)21(39)37-19-4-13(24(30,31)32)12(6-34-19)10-1-2-10/h3-8,10H,1-2,9H2,(H,34,37,39)(H2,33,35,36,38). The maximum Gasteiger partial charge on any atom is 0.422 e. The maximum absolute atomic E-state index is 13.6. The highest BCUT2D eigenvalue weighted by Crippen LogP contribution is 2.46. The number of aromatic nitrogens is 4. The fourth-order valence-electron chi connectivity index (χ4n) is 3.89. The Morgan fingerprint density at radius 2 is 1.75 bits per heavy atom. The lowest BCUT2D eigenvalue weighted by Gasteiger charge is -2.15. The number of carbonyl (C=O) groups is 1. The first-order chi connectivity index (χ1) is 18.8. The molecule has 1 fully saturated rings. The van der Waals surface area contributed by atoms with Crippen LogP contribution in [0.3, 0.4) is 0 Å². The summed E-state index contributed by atoms with van der Waals surface area (Å²) in [7, 11) is 0. The van der Waals surface area contributed by atoms with E-state index in [0.717, 1.165) is 18.3 Å². The summed E-state index contributed by atoms with van der Waals surface area (Å²) in [6, 6.07) is 2.92. The van der Waals surface area contributed by atoms with Gasteiger partial charge in [-0.15, -0.1) is 0 Å². The molecule has 0 radical (unpaired) electrons. The van der Waals surface area contributed by atoms with E-state index < -0.39 is 47.6 Å². The molecule has 5 rings (SSSR count). The summed E-state index contributed by atoms with van der Waals surface area (Å²) < 4.78 is 84.5. The van der Waals surface area contributed by atoms with Crippen LogP contribution in [0.2, 0.25) is 10.0 Å². The maximum atomic E-state index is 13.6. The molecular formula is C24H16Cl2F6N6O2. The number of aromatic amines is 1. The number of anilines is 3. The number of ether oxygens (including phenoxy) is 1. The summed E-state index contributed by atoms with van der Waals surface area (Å²) in [5.74, 6) is -2.19. The summed E-state index contributed by atoms with van der Waals surface area (Å²) >= 11 is 12.2. The van der Waals surface area contributed by atoms with Crippen LogP contribution in [-0.4, -0.2) is 38.6 Å². The van der Waals surface area contributed by atoms with Gasteiger partial charge in [0.1, 0.15) is 11.6 Å². The first-order valence-corrected chi connectivity index (χ1v) is 12.2. The highest BCUT2D eigenvalue weighted by Gasteiger charge is 2.39. The zero-order valence-electron chi connectivity index (χ0n) is 19.8. The molecule has 1 aliphatic carbocycles. The number of nitrogens with zero attached hydrogens (tertiary/aromatic N) is 3. The minimum atomic E-state index is -4.74. The average molecular weight is 605 g/mol. The molecule has 0 saturated heterocycles. The van der Waals surface area contributed by atoms with Crippen molar-refractivity contribution < 1.29 is 35.9 Å². The molecule has 0 unspecified atom stereocenters. The van der Waals surface area contributed by atoms with Crippen LogP contribution < -0.4 is 15.4 Å². The number of carbonyl (C=O) groups excluding carboxylic acids is 1. The Kier molecular flexibility index (Phi) is 7.17. The van der Waals surface area contributed by atoms with Gasteiger partial charge in [-0.2, -0.15) is 26.3 Å². The van der Waals surface area contributed by atoms with E-state index in [1.165, 1.54) is 12.4 Å². The number of H-pyrrole nitrogens is 1. The van der Waals surface area contributed by atoms with Gasteiger partial charge in [-0.1, -0.05) is 23.2 Å². The normalized spacial score (nSPS) is 13.9. The van der Waals surface area contributed by atoms with Gasteiger partial charge in [0.05, 0.1) is 37.9 Å². The molecule has 0 bridgehead atoms. The lowest BCUT2D eigenvalue weighted by molar-refractivity contribution is -0.153. The van der Waals surface area contributed by atoms with Gasteiger partial charge in [0.25, 0.3) is 5.91 Å². The molecule has 1 amide bonds. The van der Waals surface area contributed by atoms with Crippen molar-refractivity contribution in [3.63, 3.8) is 0 Å². The summed E-state index contributed by atoms with van der Waals surface area (Å²) in [4.78, 5) is 27.9. The van der Waals surface area contributed by atoms with Crippen molar-refractivity contribution in [1.29, 1.82) is 0 Å². The molecule has 210 valence electrons. The summed E-state index contributed by atoms with van der Waals surface area (Å²) in [5, 5.41) is 5.35. The van der Waals surface area contributed by atoms with Crippen molar-refractivity contribution in [2.45, 2.75) is 31.1 Å². The van der Waals surface area contributed by atoms with E-state index in [9.17, 15) is 31.1 Å². The Labute approximate surface area is 231 Å². The minimum Gasteiger partial charge on any atom is -0.483 e. The van der Waals surface area contributed by atoms with Crippen molar-refractivity contribution in [2.75, 3.05) is 17.2 Å². The van der Waals surface area contributed by atoms with Gasteiger partial charge in [-0.05, 0) is 36.5 Å². The second kappa shape index (κ2) is 10.3. The van der Waals surface area contributed by atoms with E-state index in [0.29, 0.717) is 18.9 Å². The van der Waals surface area contributed by atoms with Crippen LogP contribution in [0.15, 0.2) is 36.8 Å². The van der Waals surface area contributed by atoms with Crippen LogP contribution in [0.25, 0.3) is 11.0 Å². The van der Waals surface area contributed by atoms with Gasteiger partial charge in [0.15, 0.2) is 6.61 Å². The van der Waals surface area contributed by atoms with Crippen molar-refractivity contribution in [1.82, 2.24) is 19.9 Å². The van der Waals surface area contributed by atoms with Gasteiger partial charge >= 0.3 is 12.4 Å². The van der Waals surface area contributed by atoms with E-state index in [1.807, 2.05) is 0 Å². The monoisotopic (exact) mass is 604 g/mol. The van der Waals surface area contributed by atoms with Gasteiger partial charge in [0.2, 0.25) is 5.95 Å². The quantitative estimate of drug-likeness (QED) is 0.189. The average Bonchev–Trinajstić information content (AvgIpc) is 3.63. The lowest BCUT2D eigenvalue weighted by Crippen LogP contribution is -2.21. The molecule has 0 atom stereocenters. The van der Waals surface area contributed by atoms with Crippen molar-refractivity contribution in [2.24, 2.45) is 0 Å². The topological polar surface area (TPSA) is 105 Å². The Balaban J connectivity index is 1.49. The van der Waals surface area contributed by atoms with Crippen LogP contribution in [0.1, 0.15) is 40.2 Å². The third-order valence-electron chi connectivity index (χ3n) is 5.81. The summed E-state index contributed by atoms with van der Waals surface area (Å²) in [6.45, 7) is -1.73. The Bertz CT molecular complexity index is 1580. The number of alkyl halides is 6. The fraction of sp³-hybridized carbons (Fsp3) is 0.250. The number of amides is 1. The number of benzene rings is 1. The van der Waals surface area contributed by atoms with Gasteiger partial charge < -0.3 is 20.4 Å². The van der Waals surface area contributed by atoms with Crippen molar-refractivity contribution in [3.8, 4) is 5.75 Å². The number of halogens is 8. The molecule has 1 saturated carbocycles. The number of rotatable bonds is 7. The molecular weight excluding hydrogens is 589 g/mol. The van der Waals surface area contributed by atoms with E-state index in [1.54, 1.807) is 0 Å². The number of hydrogen-bond acceptors (Lipinski definition) is 6. The molecule has 3 N–H and O–H groups in total. The van der Waals surface area contributed by atoms with E-state index in [2.05, 4.69) is 30.6 Å². The zero-order chi connectivity index (χ0) is 28.8. The molecule has 8 nitrogen and oxygen atoms in total. The van der Waals surface area contributed by atoms with Crippen LogP contribution in [0, 0.1) is 0 Å². The van der Waals surface area contributed by atoms with Gasteiger partial charge in [-0.3, -0.25) is 9.78 Å². The number of fused-ring (bicyclic) bond motifs is 1. The molecule has 0 aliphatic heterocycles. The van der Waals surface area contributed by atoms with Crippen LogP contribution in [-0.2, 0) is 6.18 Å². The second-order valence-corrected chi connectivity index (χ2v) is 9.66. The molecule has 3 heterocycles. The van der Waals surface area contributed by atoms with Crippen LogP contribution in [0.5, 0.6) is 5.75 Å². The van der Waals surface area contributed by atoms with Crippen LogP contribution >= 0.6 is 23.2 Å². The zero-order valence-corrected chi connectivity index (χ0v) is 21.4. The molecule has 40 heavy (non-hydrogen) atoms. The Hall–Kier alpha value is -3.78. The largest absolute Gasteiger partial charge is 0.483 e. The molecule has 16 heteroatoms. The van der Waals surface area contributed by atoms with Crippen molar-refractivity contribution in [3.05, 3.63) is 63.5 Å². The molecule has 0 spiro atoms. The van der Waals surface area contributed by atoms with Gasteiger partial charge in [-0.25, -0.2) is 9.97 Å². The number of imidazole rings is 1. The first-order valence-electron chi connectivity index (χ1n) is 11.5. The van der Waals surface area contributed by atoms with E-state index in [4.69, 9.17) is 27.9 Å². The second-order valence-electron chi connectivity index (χ2n) is 8.84. The molecule has 1 aromatic carbocycles. The van der Waals surface area contributed by atoms with Gasteiger partial charge in [0, 0.05) is 24.7 Å². The predicted octanol–water partition coefficient (Wildman–Crippen LogP) is 7.49. The fourth-order valence-corrected chi connectivity index (χ4v) is 4.34. The third-order valence-corrected chi connectivity index (χ3v) is 6.39. The molecule has 4 aromatic rings. The molecule has 1 aliphatic rings. The number of nitrogens with one attached hydrogen (secondary N) is 3. The smallest absolute Gasteiger partial charge is 0.422 e. The molecule has 3 aromatic heterocycles. The minimum absolute atomic E-state index is 0.0213. The van der Waals surface area contributed by atoms with E-state index in [-0.39, 0.29) is 44.2 Å². The Morgan fingerprint density at radius 3 is 2.38 bits per heavy atom. The van der Waals surface area contributed by atoms with Crippen molar-refractivity contribution >= 4 is 57.6 Å². The first kappa shape index (κ1) is 27.8. The predicted molar refractivity (Wildman–Crippen MR) is 134 cm³/mol.